The van der Waals surface area contributed by atoms with Crippen LogP contribution >= 0.6 is 0 Å². The van der Waals surface area contributed by atoms with E-state index in [1.165, 1.54) is 29.2 Å². The van der Waals surface area contributed by atoms with Gasteiger partial charge in [-0.15, -0.1) is 0 Å². The minimum atomic E-state index is -3.65. The number of anilines is 1. The van der Waals surface area contributed by atoms with E-state index in [1.807, 2.05) is 0 Å². The van der Waals surface area contributed by atoms with Gasteiger partial charge in [-0.2, -0.15) is 0 Å². The zero-order chi connectivity index (χ0) is 22.0. The Bertz CT molecular complexity index is 852. The third-order valence-electron chi connectivity index (χ3n) is 4.06. The minimum absolute atomic E-state index is 0.113. The van der Waals surface area contributed by atoms with Gasteiger partial charge in [-0.3, -0.25) is 9.69 Å². The lowest BCUT2D eigenvalue weighted by Crippen LogP contribution is -2.45. The normalized spacial score (nSPS) is 17.9. The standard InChI is InChI=1S/C20H31N3O5S/c1-19(2,3)22-29(26,27)15-11-9-14(10-12-15)21-17(24)16-8-7-13-23(16)18(25)28-20(4,5)6/h9-12,16,22H,7-8,13H2,1-6H3,(H,21,24). The van der Waals surface area contributed by atoms with Crippen LogP contribution in [0.3, 0.4) is 0 Å². The molecule has 0 bridgehead atoms. The third-order valence-corrected chi connectivity index (χ3v) is 5.83. The molecule has 1 unspecified atom stereocenters. The highest BCUT2D eigenvalue weighted by molar-refractivity contribution is 7.89. The number of nitrogens with one attached hydrogen (secondary N) is 2. The first kappa shape index (κ1) is 23.2. The van der Waals surface area contributed by atoms with Gasteiger partial charge in [-0.25, -0.2) is 17.9 Å². The fourth-order valence-corrected chi connectivity index (χ4v) is 4.40. The summed E-state index contributed by atoms with van der Waals surface area (Å²) < 4.78 is 32.7. The molecule has 9 heteroatoms. The fourth-order valence-electron chi connectivity index (χ4n) is 2.98. The summed E-state index contributed by atoms with van der Waals surface area (Å²) in [7, 11) is -3.65. The van der Waals surface area contributed by atoms with E-state index in [4.69, 9.17) is 4.74 Å². The van der Waals surface area contributed by atoms with Crippen molar-refractivity contribution < 1.29 is 22.7 Å². The predicted octanol–water partition coefficient (Wildman–Crippen LogP) is 3.10. The Kier molecular flexibility index (Phi) is 6.64. The lowest BCUT2D eigenvalue weighted by molar-refractivity contribution is -0.120. The van der Waals surface area contributed by atoms with Crippen LogP contribution in [-0.2, 0) is 19.6 Å². The second kappa shape index (κ2) is 8.31. The van der Waals surface area contributed by atoms with Crippen LogP contribution in [-0.4, -0.2) is 49.0 Å². The molecular weight excluding hydrogens is 394 g/mol. The van der Waals surface area contributed by atoms with Crippen LogP contribution in [0, 0.1) is 0 Å². The number of ether oxygens (including phenoxy) is 1. The molecule has 162 valence electrons. The molecule has 1 heterocycles. The highest BCUT2D eigenvalue weighted by Gasteiger charge is 2.36. The SMILES string of the molecule is CC(C)(C)NS(=O)(=O)c1ccc(NC(=O)C2CCCN2C(=O)OC(C)(C)C)cc1. The number of nitrogens with zero attached hydrogens (tertiary/aromatic N) is 1. The van der Waals surface area contributed by atoms with Crippen LogP contribution < -0.4 is 10.0 Å². The van der Waals surface area contributed by atoms with Crippen molar-refractivity contribution in [3.05, 3.63) is 24.3 Å². The van der Waals surface area contributed by atoms with Crippen LogP contribution in [0.5, 0.6) is 0 Å². The molecule has 0 radical (unpaired) electrons. The minimum Gasteiger partial charge on any atom is -0.444 e. The molecule has 2 N–H and O–H groups in total. The van der Waals surface area contributed by atoms with Crippen molar-refractivity contribution >= 4 is 27.7 Å². The molecule has 0 aromatic heterocycles. The van der Waals surface area contributed by atoms with Gasteiger partial charge in [0.25, 0.3) is 0 Å². The van der Waals surface area contributed by atoms with Crippen molar-refractivity contribution in [1.82, 2.24) is 9.62 Å². The largest absolute Gasteiger partial charge is 0.444 e. The molecule has 29 heavy (non-hydrogen) atoms. The smallest absolute Gasteiger partial charge is 0.410 e. The van der Waals surface area contributed by atoms with Crippen LogP contribution in [0.15, 0.2) is 29.2 Å². The predicted molar refractivity (Wildman–Crippen MR) is 111 cm³/mol. The van der Waals surface area contributed by atoms with Crippen LogP contribution in [0.1, 0.15) is 54.4 Å². The van der Waals surface area contributed by atoms with Gasteiger partial charge in [0.05, 0.1) is 4.90 Å². The highest BCUT2D eigenvalue weighted by Crippen LogP contribution is 2.23. The molecule has 1 aromatic rings. The first-order valence-corrected chi connectivity index (χ1v) is 11.1. The zero-order valence-corrected chi connectivity index (χ0v) is 18.7. The second-order valence-electron chi connectivity index (χ2n) is 9.20. The summed E-state index contributed by atoms with van der Waals surface area (Å²) >= 11 is 0. The molecule has 8 nitrogen and oxygen atoms in total. The molecule has 0 spiro atoms. The molecular formula is C20H31N3O5S. The van der Waals surface area contributed by atoms with E-state index in [9.17, 15) is 18.0 Å². The molecule has 2 amide bonds. The number of carbonyl (C=O) groups excluding carboxylic acids is 2. The number of sulfonamides is 1. The Morgan fingerprint density at radius 2 is 1.66 bits per heavy atom. The molecule has 1 fully saturated rings. The Balaban J connectivity index is 2.06. The van der Waals surface area contributed by atoms with Gasteiger partial charge < -0.3 is 10.1 Å². The monoisotopic (exact) mass is 425 g/mol. The summed E-state index contributed by atoms with van der Waals surface area (Å²) in [4.78, 5) is 26.6. The van der Waals surface area contributed by atoms with Gasteiger partial charge in [0.1, 0.15) is 11.6 Å². The Morgan fingerprint density at radius 1 is 1.07 bits per heavy atom. The van der Waals surface area contributed by atoms with Crippen molar-refractivity contribution in [3.8, 4) is 0 Å². The summed E-state index contributed by atoms with van der Waals surface area (Å²) in [6.07, 6.45) is 0.755. The Morgan fingerprint density at radius 3 is 2.17 bits per heavy atom. The van der Waals surface area contributed by atoms with Gasteiger partial charge in [-0.05, 0) is 78.6 Å². The zero-order valence-electron chi connectivity index (χ0n) is 17.9. The maximum Gasteiger partial charge on any atom is 0.410 e. The maximum atomic E-state index is 12.7. The van der Waals surface area contributed by atoms with Crippen molar-refractivity contribution in [2.75, 3.05) is 11.9 Å². The van der Waals surface area contributed by atoms with E-state index in [2.05, 4.69) is 10.0 Å². The maximum absolute atomic E-state index is 12.7. The number of amides is 2. The average molecular weight is 426 g/mol. The number of carbonyl (C=O) groups is 2. The van der Waals surface area contributed by atoms with E-state index in [1.54, 1.807) is 41.5 Å². The lowest BCUT2D eigenvalue weighted by atomic mass is 10.1. The highest BCUT2D eigenvalue weighted by atomic mass is 32.2. The van der Waals surface area contributed by atoms with Crippen LogP contribution in [0.25, 0.3) is 0 Å². The number of hydrogen-bond acceptors (Lipinski definition) is 5. The number of rotatable bonds is 4. The van der Waals surface area contributed by atoms with E-state index in [0.29, 0.717) is 25.1 Å². The Hall–Kier alpha value is -2.13. The quantitative estimate of drug-likeness (QED) is 0.771. The molecule has 1 atom stereocenters. The number of hydrogen-bond donors (Lipinski definition) is 2. The van der Waals surface area contributed by atoms with Crippen molar-refractivity contribution in [2.45, 2.75) is 76.5 Å². The molecule has 2 rings (SSSR count). The van der Waals surface area contributed by atoms with Crippen molar-refractivity contribution in [3.63, 3.8) is 0 Å². The first-order valence-electron chi connectivity index (χ1n) is 9.62. The molecule has 1 saturated heterocycles. The lowest BCUT2D eigenvalue weighted by Gasteiger charge is -2.28. The molecule has 0 saturated carbocycles. The summed E-state index contributed by atoms with van der Waals surface area (Å²) in [5, 5.41) is 2.75. The van der Waals surface area contributed by atoms with E-state index >= 15 is 0 Å². The van der Waals surface area contributed by atoms with Crippen molar-refractivity contribution in [2.24, 2.45) is 0 Å². The summed E-state index contributed by atoms with van der Waals surface area (Å²) in [6, 6.07) is 5.31. The molecule has 1 aliphatic heterocycles. The van der Waals surface area contributed by atoms with E-state index < -0.39 is 33.3 Å². The van der Waals surface area contributed by atoms with Crippen molar-refractivity contribution in [1.29, 1.82) is 0 Å². The summed E-state index contributed by atoms with van der Waals surface area (Å²) in [5.41, 5.74) is -0.775. The van der Waals surface area contributed by atoms with E-state index in [0.717, 1.165) is 0 Å². The first-order chi connectivity index (χ1) is 13.2. The van der Waals surface area contributed by atoms with Crippen LogP contribution in [0.2, 0.25) is 0 Å². The third kappa shape index (κ3) is 6.71. The average Bonchev–Trinajstić information content (AvgIpc) is 3.01. The Labute approximate surface area is 173 Å². The van der Waals surface area contributed by atoms with Gasteiger partial charge >= 0.3 is 6.09 Å². The van der Waals surface area contributed by atoms with Gasteiger partial charge in [0.2, 0.25) is 15.9 Å². The fraction of sp³-hybridized carbons (Fsp3) is 0.600. The van der Waals surface area contributed by atoms with E-state index in [-0.39, 0.29) is 10.8 Å². The summed E-state index contributed by atoms with van der Waals surface area (Å²) in [6.45, 7) is 11.1. The second-order valence-corrected chi connectivity index (χ2v) is 10.9. The van der Waals surface area contributed by atoms with Crippen LogP contribution in [0.4, 0.5) is 10.5 Å². The number of benzene rings is 1. The molecule has 1 aromatic carbocycles. The number of likely N-dealkylation sites (tertiary alicyclic amines) is 1. The molecule has 1 aliphatic rings. The van der Waals surface area contributed by atoms with Gasteiger partial charge in [0.15, 0.2) is 0 Å². The molecule has 0 aliphatic carbocycles. The topological polar surface area (TPSA) is 105 Å². The van der Waals surface area contributed by atoms with Gasteiger partial charge in [-0.1, -0.05) is 0 Å². The van der Waals surface area contributed by atoms with Gasteiger partial charge in [0, 0.05) is 17.8 Å². The summed E-state index contributed by atoms with van der Waals surface area (Å²) in [5.74, 6) is -0.322.